The maximum atomic E-state index is 5.66. The topological polar surface area (TPSA) is 45.7 Å². The van der Waals surface area contributed by atoms with Crippen LogP contribution in [-0.2, 0) is 0 Å². The zero-order chi connectivity index (χ0) is 15.5. The highest BCUT2D eigenvalue weighted by molar-refractivity contribution is 7.80. The average Bonchev–Trinajstić information content (AvgIpc) is 2.46. The van der Waals surface area contributed by atoms with Crippen molar-refractivity contribution in [2.24, 2.45) is 11.0 Å². The number of hydrogen-bond acceptors (Lipinski definition) is 3. The van der Waals surface area contributed by atoms with Gasteiger partial charge >= 0.3 is 0 Å². The molecule has 0 unspecified atom stereocenters. The number of nitrogens with zero attached hydrogens (tertiary/aromatic N) is 1. The minimum absolute atomic E-state index is 0.472. The van der Waals surface area contributed by atoms with Gasteiger partial charge in [0.25, 0.3) is 0 Å². The van der Waals surface area contributed by atoms with Gasteiger partial charge in [0.15, 0.2) is 5.11 Å². The maximum Gasteiger partial charge on any atom is 0.187 e. The fourth-order valence-electron chi connectivity index (χ4n) is 1.43. The molecule has 0 fully saturated rings. The lowest BCUT2D eigenvalue weighted by Gasteiger charge is -2.08. The fraction of sp³-hybridized carbons (Fsp3) is 0.375. The number of ether oxygens (including phenoxy) is 1. The fourth-order valence-corrected chi connectivity index (χ4v) is 1.57. The molecule has 114 valence electrons. The molecule has 0 amide bonds. The molecule has 0 atom stereocenters. The van der Waals surface area contributed by atoms with Gasteiger partial charge in [0.2, 0.25) is 0 Å². The summed E-state index contributed by atoms with van der Waals surface area (Å²) >= 11 is 5.02. The van der Waals surface area contributed by atoms with E-state index in [0.717, 1.165) is 24.3 Å². The van der Waals surface area contributed by atoms with Gasteiger partial charge in [-0.05, 0) is 54.4 Å². The Bertz CT molecular complexity index is 469. The van der Waals surface area contributed by atoms with E-state index in [1.165, 1.54) is 0 Å². The van der Waals surface area contributed by atoms with Crippen molar-refractivity contribution in [3.8, 4) is 5.75 Å². The molecule has 2 N–H and O–H groups in total. The van der Waals surface area contributed by atoms with Gasteiger partial charge < -0.3 is 10.1 Å². The van der Waals surface area contributed by atoms with Gasteiger partial charge in [0.1, 0.15) is 5.75 Å². The minimum Gasteiger partial charge on any atom is -0.494 e. The molecule has 21 heavy (non-hydrogen) atoms. The highest BCUT2D eigenvalue weighted by Crippen LogP contribution is 2.12. The van der Waals surface area contributed by atoms with Crippen LogP contribution < -0.4 is 15.5 Å². The van der Waals surface area contributed by atoms with Crippen molar-refractivity contribution in [1.82, 2.24) is 10.7 Å². The van der Waals surface area contributed by atoms with Crippen LogP contribution in [0.2, 0.25) is 0 Å². The summed E-state index contributed by atoms with van der Waals surface area (Å²) in [6, 6.07) is 7.79. The Labute approximate surface area is 132 Å². The number of hydrogen-bond donors (Lipinski definition) is 2. The van der Waals surface area contributed by atoms with E-state index in [1.54, 1.807) is 12.3 Å². The zero-order valence-electron chi connectivity index (χ0n) is 12.6. The Hall–Kier alpha value is -1.88. The van der Waals surface area contributed by atoms with Gasteiger partial charge in [-0.2, -0.15) is 5.10 Å². The second-order valence-corrected chi connectivity index (χ2v) is 5.38. The SMILES string of the molecule is C=CCNC(=S)N/N=C/c1ccc(OCCC(C)C)cc1. The van der Waals surface area contributed by atoms with E-state index < -0.39 is 0 Å². The van der Waals surface area contributed by atoms with Crippen molar-refractivity contribution < 1.29 is 4.74 Å². The van der Waals surface area contributed by atoms with E-state index >= 15 is 0 Å². The van der Waals surface area contributed by atoms with Crippen LogP contribution in [0.25, 0.3) is 0 Å². The van der Waals surface area contributed by atoms with Gasteiger partial charge in [-0.1, -0.05) is 19.9 Å². The second kappa shape index (κ2) is 9.94. The van der Waals surface area contributed by atoms with Crippen molar-refractivity contribution in [3.63, 3.8) is 0 Å². The standard InChI is InChI=1S/C16H23N3OS/c1-4-10-17-16(21)19-18-12-14-5-7-15(8-6-14)20-11-9-13(2)3/h4-8,12-13H,1,9-11H2,2-3H3,(H2,17,19,21)/b18-12+. The first kappa shape index (κ1) is 17.2. The first-order valence-electron chi connectivity index (χ1n) is 7.02. The molecule has 0 saturated heterocycles. The zero-order valence-corrected chi connectivity index (χ0v) is 13.5. The van der Waals surface area contributed by atoms with Crippen molar-refractivity contribution >= 4 is 23.5 Å². The van der Waals surface area contributed by atoms with Crippen LogP contribution in [0, 0.1) is 5.92 Å². The van der Waals surface area contributed by atoms with Crippen LogP contribution in [0.4, 0.5) is 0 Å². The molecule has 0 bridgehead atoms. The highest BCUT2D eigenvalue weighted by atomic mass is 32.1. The minimum atomic E-state index is 0.472. The Morgan fingerprint density at radius 3 is 2.71 bits per heavy atom. The van der Waals surface area contributed by atoms with Crippen molar-refractivity contribution in [1.29, 1.82) is 0 Å². The number of hydrazone groups is 1. The molecule has 0 spiro atoms. The van der Waals surface area contributed by atoms with Crippen LogP contribution in [-0.4, -0.2) is 24.5 Å². The summed E-state index contributed by atoms with van der Waals surface area (Å²) in [5.74, 6) is 1.53. The highest BCUT2D eigenvalue weighted by Gasteiger charge is 1.97. The lowest BCUT2D eigenvalue weighted by Crippen LogP contribution is -2.31. The van der Waals surface area contributed by atoms with Gasteiger partial charge in [-0.25, -0.2) is 0 Å². The van der Waals surface area contributed by atoms with Crippen LogP contribution >= 0.6 is 12.2 Å². The van der Waals surface area contributed by atoms with E-state index in [9.17, 15) is 0 Å². The summed E-state index contributed by atoms with van der Waals surface area (Å²) in [5, 5.41) is 7.46. The van der Waals surface area contributed by atoms with Gasteiger partial charge in [-0.15, -0.1) is 6.58 Å². The predicted octanol–water partition coefficient (Wildman–Crippen LogP) is 3.10. The Morgan fingerprint density at radius 1 is 1.38 bits per heavy atom. The molecule has 5 heteroatoms. The molecule has 0 heterocycles. The Balaban J connectivity index is 2.36. The number of thiocarbonyl (C=S) groups is 1. The third-order valence-corrected chi connectivity index (χ3v) is 2.87. The average molecular weight is 305 g/mol. The smallest absolute Gasteiger partial charge is 0.187 e. The summed E-state index contributed by atoms with van der Waals surface area (Å²) in [4.78, 5) is 0. The van der Waals surface area contributed by atoms with E-state index in [-0.39, 0.29) is 0 Å². The predicted molar refractivity (Wildman–Crippen MR) is 92.9 cm³/mol. The largest absolute Gasteiger partial charge is 0.494 e. The molecule has 1 aromatic carbocycles. The Morgan fingerprint density at radius 2 is 2.10 bits per heavy atom. The third kappa shape index (κ3) is 8.09. The summed E-state index contributed by atoms with van der Waals surface area (Å²) in [6.07, 6.45) is 4.50. The molecule has 0 radical (unpaired) electrons. The third-order valence-electron chi connectivity index (χ3n) is 2.63. The van der Waals surface area contributed by atoms with Crippen LogP contribution in [0.1, 0.15) is 25.8 Å². The molecular weight excluding hydrogens is 282 g/mol. The summed E-state index contributed by atoms with van der Waals surface area (Å²) in [6.45, 7) is 9.33. The van der Waals surface area contributed by atoms with Gasteiger partial charge in [-0.3, -0.25) is 5.43 Å². The van der Waals surface area contributed by atoms with Crippen LogP contribution in [0.5, 0.6) is 5.75 Å². The molecule has 0 aliphatic heterocycles. The normalized spacial score (nSPS) is 10.6. The molecule has 4 nitrogen and oxygen atoms in total. The lowest BCUT2D eigenvalue weighted by atomic mass is 10.1. The lowest BCUT2D eigenvalue weighted by molar-refractivity contribution is 0.289. The number of rotatable bonds is 8. The molecule has 0 aliphatic carbocycles. The van der Waals surface area contributed by atoms with E-state index in [2.05, 4.69) is 36.3 Å². The number of benzene rings is 1. The van der Waals surface area contributed by atoms with E-state index in [4.69, 9.17) is 17.0 Å². The molecule has 0 aliphatic rings. The molecule has 1 aromatic rings. The molecule has 0 saturated carbocycles. The summed E-state index contributed by atoms with van der Waals surface area (Å²) in [7, 11) is 0. The van der Waals surface area contributed by atoms with Crippen LogP contribution in [0.3, 0.4) is 0 Å². The monoisotopic (exact) mass is 305 g/mol. The quantitative estimate of drug-likeness (QED) is 0.335. The Kier molecular flexibility index (Phi) is 8.12. The molecule has 1 rings (SSSR count). The summed E-state index contributed by atoms with van der Waals surface area (Å²) in [5.41, 5.74) is 3.72. The first-order chi connectivity index (χ1) is 10.1. The first-order valence-corrected chi connectivity index (χ1v) is 7.43. The molecule has 0 aromatic heterocycles. The van der Waals surface area contributed by atoms with Gasteiger partial charge in [0, 0.05) is 6.54 Å². The second-order valence-electron chi connectivity index (χ2n) is 4.97. The van der Waals surface area contributed by atoms with Crippen molar-refractivity contribution in [2.75, 3.05) is 13.2 Å². The van der Waals surface area contributed by atoms with Gasteiger partial charge in [0.05, 0.1) is 12.8 Å². The van der Waals surface area contributed by atoms with Crippen molar-refractivity contribution in [2.45, 2.75) is 20.3 Å². The molecular formula is C16H23N3OS. The van der Waals surface area contributed by atoms with Crippen LogP contribution in [0.15, 0.2) is 42.0 Å². The number of nitrogens with one attached hydrogen (secondary N) is 2. The summed E-state index contributed by atoms with van der Waals surface area (Å²) < 4.78 is 5.66. The van der Waals surface area contributed by atoms with E-state index in [1.807, 2.05) is 24.3 Å². The van der Waals surface area contributed by atoms with Crippen molar-refractivity contribution in [3.05, 3.63) is 42.5 Å². The van der Waals surface area contributed by atoms with E-state index in [0.29, 0.717) is 17.6 Å². The maximum absolute atomic E-state index is 5.66.